The van der Waals surface area contributed by atoms with Crippen molar-refractivity contribution in [3.63, 3.8) is 0 Å². The van der Waals surface area contributed by atoms with Crippen molar-refractivity contribution in [2.24, 2.45) is 28.6 Å². The molecule has 0 fully saturated rings. The Morgan fingerprint density at radius 2 is 1.75 bits per heavy atom. The number of hydrogen-bond donors (Lipinski definition) is 0. The first-order valence-corrected chi connectivity index (χ1v) is 15.7. The smallest absolute Gasteiger partial charge is 0.0284 e. The van der Waals surface area contributed by atoms with E-state index in [1.165, 1.54) is 61.7 Å². The first-order valence-electron chi connectivity index (χ1n) is 15.7. The van der Waals surface area contributed by atoms with Crippen molar-refractivity contribution in [1.29, 1.82) is 0 Å². The van der Waals surface area contributed by atoms with Gasteiger partial charge in [-0.25, -0.2) is 0 Å². The highest BCUT2D eigenvalue weighted by Crippen LogP contribution is 2.44. The summed E-state index contributed by atoms with van der Waals surface area (Å²) in [7, 11) is 0. The normalized spacial score (nSPS) is 22.2. The number of rotatable bonds is 7. The average molecular weight is 537 g/mol. The summed E-state index contributed by atoms with van der Waals surface area (Å²) in [6, 6.07) is 0. The quantitative estimate of drug-likeness (QED) is 0.172. The van der Waals surface area contributed by atoms with E-state index in [4.69, 9.17) is 0 Å². The Hall–Kier alpha value is -2.62. The summed E-state index contributed by atoms with van der Waals surface area (Å²) in [6.45, 7) is 22.8. The topological polar surface area (TPSA) is 0 Å². The minimum atomic E-state index is 0.275. The van der Waals surface area contributed by atoms with Gasteiger partial charge in [-0.05, 0) is 112 Å². The molecule has 0 heteroatoms. The van der Waals surface area contributed by atoms with Gasteiger partial charge in [0.1, 0.15) is 0 Å². The Labute approximate surface area is 249 Å². The lowest BCUT2D eigenvalue weighted by atomic mass is 9.66. The van der Waals surface area contributed by atoms with Gasteiger partial charge in [-0.15, -0.1) is 11.8 Å². The van der Waals surface area contributed by atoms with Crippen LogP contribution in [0.2, 0.25) is 0 Å². The molecular weight excluding hydrogens is 480 g/mol. The summed E-state index contributed by atoms with van der Waals surface area (Å²) in [4.78, 5) is 0. The van der Waals surface area contributed by atoms with Crippen LogP contribution in [0.1, 0.15) is 127 Å². The molecule has 0 amide bonds. The van der Waals surface area contributed by atoms with Crippen molar-refractivity contribution < 1.29 is 0 Å². The van der Waals surface area contributed by atoms with Gasteiger partial charge in [-0.1, -0.05) is 101 Å². The molecule has 40 heavy (non-hydrogen) atoms. The van der Waals surface area contributed by atoms with Gasteiger partial charge < -0.3 is 0 Å². The highest BCUT2D eigenvalue weighted by atomic mass is 14.4. The molecule has 216 valence electrons. The SMILES string of the molecule is CC1=CCCC(C)(C)[C@H]1CCC(C)C#CCC(C)C#CC/C=C(\C)C#C/C=C(C)/C=C/C1=C(C)CCCC1(C)C. The predicted octanol–water partition coefficient (Wildman–Crippen LogP) is 11.2. The molecule has 0 nitrogen and oxygen atoms in total. The van der Waals surface area contributed by atoms with E-state index < -0.39 is 0 Å². The van der Waals surface area contributed by atoms with E-state index in [2.05, 4.69) is 129 Å². The fourth-order valence-corrected chi connectivity index (χ4v) is 6.17. The Kier molecular flexibility index (Phi) is 13.4. The van der Waals surface area contributed by atoms with E-state index in [1.807, 2.05) is 6.08 Å². The molecule has 0 N–H and O–H groups in total. The lowest BCUT2D eigenvalue weighted by Crippen LogP contribution is -2.28. The van der Waals surface area contributed by atoms with Crippen molar-refractivity contribution in [2.75, 3.05) is 0 Å². The molecule has 0 heterocycles. The van der Waals surface area contributed by atoms with Crippen LogP contribution in [0.25, 0.3) is 0 Å². The maximum Gasteiger partial charge on any atom is 0.0284 e. The molecule has 0 spiro atoms. The van der Waals surface area contributed by atoms with Crippen LogP contribution in [0.3, 0.4) is 0 Å². The molecular formula is C40H56. The van der Waals surface area contributed by atoms with E-state index in [0.717, 1.165) is 18.4 Å². The molecule has 2 rings (SSSR count). The lowest BCUT2D eigenvalue weighted by molar-refractivity contribution is 0.197. The second-order valence-corrected chi connectivity index (χ2v) is 13.8. The second kappa shape index (κ2) is 16.0. The first-order chi connectivity index (χ1) is 18.8. The van der Waals surface area contributed by atoms with Gasteiger partial charge in [0.25, 0.3) is 0 Å². The van der Waals surface area contributed by atoms with Crippen LogP contribution in [0.15, 0.2) is 58.2 Å². The van der Waals surface area contributed by atoms with Crippen LogP contribution in [0, 0.1) is 64.1 Å². The summed E-state index contributed by atoms with van der Waals surface area (Å²) in [6.07, 6.45) is 21.5. The fourth-order valence-electron chi connectivity index (χ4n) is 6.17. The monoisotopic (exact) mass is 536 g/mol. The molecule has 0 bridgehead atoms. The zero-order valence-electron chi connectivity index (χ0n) is 27.5. The summed E-state index contributed by atoms with van der Waals surface area (Å²) in [5.74, 6) is 21.5. The molecule has 0 saturated heterocycles. The van der Waals surface area contributed by atoms with E-state index in [-0.39, 0.29) is 5.41 Å². The van der Waals surface area contributed by atoms with Crippen LogP contribution in [0.4, 0.5) is 0 Å². The third-order valence-corrected chi connectivity index (χ3v) is 8.88. The highest BCUT2D eigenvalue weighted by molar-refractivity contribution is 5.39. The van der Waals surface area contributed by atoms with Gasteiger partial charge in [0, 0.05) is 24.7 Å². The summed E-state index contributed by atoms with van der Waals surface area (Å²) in [5, 5.41) is 0. The standard InChI is InChI=1S/C40H56/c1-31(19-13-21-33(3)25-27-37-35(5)23-15-29-39(37,7)8)17-11-12-18-32(2)20-14-22-34(4)26-28-38-36(6)24-16-30-40(38,9)10/h17,21,24-25,27,32,34,38H,11,15-16,20,23,26,28-30H2,1-10H3/b27-25+,31-17+,33-21+/t32?,34?,38-/m0/s1. The molecule has 0 saturated carbocycles. The fraction of sp³-hybridized carbons (Fsp3) is 0.600. The van der Waals surface area contributed by atoms with Gasteiger partial charge >= 0.3 is 0 Å². The van der Waals surface area contributed by atoms with Crippen molar-refractivity contribution in [1.82, 2.24) is 0 Å². The third-order valence-electron chi connectivity index (χ3n) is 8.88. The molecule has 2 aliphatic carbocycles. The predicted molar refractivity (Wildman–Crippen MR) is 177 cm³/mol. The van der Waals surface area contributed by atoms with E-state index in [9.17, 15) is 0 Å². The van der Waals surface area contributed by atoms with Crippen LogP contribution >= 0.6 is 0 Å². The number of hydrogen-bond acceptors (Lipinski definition) is 0. The molecule has 0 aromatic heterocycles. The van der Waals surface area contributed by atoms with E-state index in [0.29, 0.717) is 23.2 Å². The summed E-state index contributed by atoms with van der Waals surface area (Å²) < 4.78 is 0. The molecule has 0 radical (unpaired) electrons. The van der Waals surface area contributed by atoms with Crippen LogP contribution in [-0.4, -0.2) is 0 Å². The van der Waals surface area contributed by atoms with Gasteiger partial charge in [0.2, 0.25) is 0 Å². The van der Waals surface area contributed by atoms with Crippen molar-refractivity contribution in [2.45, 2.75) is 127 Å². The lowest BCUT2D eigenvalue weighted by Gasteiger charge is -2.39. The molecule has 2 unspecified atom stereocenters. The highest BCUT2D eigenvalue weighted by Gasteiger charge is 2.32. The van der Waals surface area contributed by atoms with Crippen LogP contribution < -0.4 is 0 Å². The van der Waals surface area contributed by atoms with Gasteiger partial charge in [0.05, 0.1) is 0 Å². The van der Waals surface area contributed by atoms with Gasteiger partial charge in [0.15, 0.2) is 0 Å². The Bertz CT molecular complexity index is 1200. The summed E-state index contributed by atoms with van der Waals surface area (Å²) in [5.41, 5.74) is 7.57. The van der Waals surface area contributed by atoms with Crippen LogP contribution in [-0.2, 0) is 0 Å². The largest absolute Gasteiger partial charge is 0.102 e. The van der Waals surface area contributed by atoms with Crippen molar-refractivity contribution >= 4 is 0 Å². The maximum atomic E-state index is 3.49. The van der Waals surface area contributed by atoms with E-state index >= 15 is 0 Å². The molecule has 2 aliphatic rings. The minimum absolute atomic E-state index is 0.275. The zero-order valence-corrected chi connectivity index (χ0v) is 27.5. The van der Waals surface area contributed by atoms with Crippen molar-refractivity contribution in [3.8, 4) is 35.5 Å². The van der Waals surface area contributed by atoms with Crippen molar-refractivity contribution in [3.05, 3.63) is 58.2 Å². The van der Waals surface area contributed by atoms with Crippen LogP contribution in [0.5, 0.6) is 0 Å². The second-order valence-electron chi connectivity index (χ2n) is 13.8. The summed E-state index contributed by atoms with van der Waals surface area (Å²) >= 11 is 0. The molecule has 0 aromatic carbocycles. The van der Waals surface area contributed by atoms with Gasteiger partial charge in [-0.3, -0.25) is 0 Å². The Morgan fingerprint density at radius 1 is 1.02 bits per heavy atom. The average Bonchev–Trinajstić information content (AvgIpc) is 2.85. The molecule has 0 aliphatic heterocycles. The van der Waals surface area contributed by atoms with Gasteiger partial charge in [-0.2, -0.15) is 0 Å². The minimum Gasteiger partial charge on any atom is -0.102 e. The Balaban J connectivity index is 1.78. The number of allylic oxidation sites excluding steroid dienone is 10. The maximum absolute atomic E-state index is 3.49. The first kappa shape index (κ1) is 33.6. The van der Waals surface area contributed by atoms with E-state index in [1.54, 1.807) is 5.57 Å². The zero-order chi connectivity index (χ0) is 29.8. The Morgan fingerprint density at radius 3 is 2.45 bits per heavy atom. The third kappa shape index (κ3) is 11.5. The molecule has 3 atom stereocenters. The molecule has 0 aromatic rings.